The molecule has 1 aliphatic rings. The number of Topliss-reactive ketones (excluding diaryl/α,β-unsaturated/α-hetero) is 2. The molecule has 0 radical (unpaired) electrons. The van der Waals surface area contributed by atoms with Crippen LogP contribution in [0.5, 0.6) is 0 Å². The summed E-state index contributed by atoms with van der Waals surface area (Å²) < 4.78 is 2.56. The van der Waals surface area contributed by atoms with Gasteiger partial charge in [0.25, 0.3) is 0 Å². The Balaban J connectivity index is 2.02. The number of carbonyl (C=O) groups is 2. The van der Waals surface area contributed by atoms with Gasteiger partial charge < -0.3 is 0 Å². The summed E-state index contributed by atoms with van der Waals surface area (Å²) in [6.45, 7) is 19.5. The standard InChI is InChI=1S/C40H46O2S2Si2/c1-9-11-13-15-17-19-21-23-25-27-29-31-33-35(41)36(42)34-32(30-28-26-24-22-20-18-16-14-12-10-2)40(46(6,7)8)44-38(34)37(33)43-39(31)45(3,4)5/h29H,1,10,12,14,16,18,20,22,24,26,28,30H2,2-8H3. The van der Waals surface area contributed by atoms with Crippen LogP contribution in [0, 0.1) is 0 Å². The number of rotatable bonds is 14. The SMILES string of the molecule is C=C=C=C=C=C=C=C=C=C=C=Cc1c([Si](C)(C)C)sc2c1C(=O)C(=O)c1c-2sc([Si](C)(C)C)c1CCCCCCCCCCCC. The smallest absolute Gasteiger partial charge is 0.235 e. The minimum absolute atomic E-state index is 0.340. The maximum atomic E-state index is 14.0. The van der Waals surface area contributed by atoms with Crippen LogP contribution >= 0.6 is 22.7 Å². The lowest BCUT2D eigenvalue weighted by Crippen LogP contribution is -2.38. The zero-order valence-electron chi connectivity index (χ0n) is 28.7. The van der Waals surface area contributed by atoms with Gasteiger partial charge in [0.15, 0.2) is 0 Å². The third-order valence-corrected chi connectivity index (χ3v) is 17.6. The topological polar surface area (TPSA) is 34.1 Å². The van der Waals surface area contributed by atoms with E-state index >= 15 is 0 Å². The van der Waals surface area contributed by atoms with E-state index in [-0.39, 0.29) is 11.6 Å². The van der Waals surface area contributed by atoms with Crippen LogP contribution in [-0.4, -0.2) is 27.7 Å². The molecule has 2 heterocycles. The van der Waals surface area contributed by atoms with Gasteiger partial charge in [0, 0.05) is 11.1 Å². The molecular formula is C40H46O2S2Si2. The van der Waals surface area contributed by atoms with Crippen molar-refractivity contribution in [3.63, 3.8) is 0 Å². The average molecular weight is 679 g/mol. The summed E-state index contributed by atoms with van der Waals surface area (Å²) in [6.07, 6.45) is 15.4. The third kappa shape index (κ3) is 9.86. The normalized spacial score (nSPS) is 11.6. The Hall–Kier alpha value is -3.29. The van der Waals surface area contributed by atoms with Crippen LogP contribution in [0.15, 0.2) is 63.9 Å². The van der Waals surface area contributed by atoms with E-state index < -0.39 is 16.1 Å². The molecule has 2 aromatic heterocycles. The first-order valence-corrected chi connectivity index (χ1v) is 25.1. The van der Waals surface area contributed by atoms with E-state index in [9.17, 15) is 9.59 Å². The molecule has 0 fully saturated rings. The highest BCUT2D eigenvalue weighted by atomic mass is 32.1. The average Bonchev–Trinajstić information content (AvgIpc) is 3.57. The highest BCUT2D eigenvalue weighted by Gasteiger charge is 2.42. The Morgan fingerprint density at radius 1 is 0.609 bits per heavy atom. The van der Waals surface area contributed by atoms with Crippen molar-refractivity contribution in [2.45, 2.75) is 117 Å². The van der Waals surface area contributed by atoms with Crippen molar-refractivity contribution in [3.8, 4) is 9.75 Å². The van der Waals surface area contributed by atoms with Gasteiger partial charge in [-0.25, -0.2) is 0 Å². The number of unbranched alkanes of at least 4 members (excludes halogenated alkanes) is 9. The van der Waals surface area contributed by atoms with E-state index in [4.69, 9.17) is 0 Å². The van der Waals surface area contributed by atoms with Gasteiger partial charge >= 0.3 is 0 Å². The minimum Gasteiger partial charge on any atom is -0.285 e. The van der Waals surface area contributed by atoms with E-state index in [1.165, 1.54) is 66.8 Å². The van der Waals surface area contributed by atoms with E-state index in [2.05, 4.69) is 110 Å². The molecule has 0 amide bonds. The summed E-state index contributed by atoms with van der Waals surface area (Å²) in [5.41, 5.74) is 29.7. The summed E-state index contributed by atoms with van der Waals surface area (Å²) in [5, 5.41) is 0. The Morgan fingerprint density at radius 2 is 1.07 bits per heavy atom. The number of ketones is 2. The molecule has 2 aromatic rings. The summed E-state index contributed by atoms with van der Waals surface area (Å²) >= 11 is 3.48. The van der Waals surface area contributed by atoms with E-state index in [0.717, 1.165) is 33.7 Å². The van der Waals surface area contributed by atoms with Crippen LogP contribution < -0.4 is 9.00 Å². The lowest BCUT2D eigenvalue weighted by molar-refractivity contribution is 0.0815. The Morgan fingerprint density at radius 3 is 1.61 bits per heavy atom. The van der Waals surface area contributed by atoms with Gasteiger partial charge in [-0.15, -0.1) is 22.7 Å². The molecule has 3 rings (SSSR count). The Labute approximate surface area is 286 Å². The van der Waals surface area contributed by atoms with Gasteiger partial charge in [-0.3, -0.25) is 9.59 Å². The van der Waals surface area contributed by atoms with Crippen molar-refractivity contribution in [2.75, 3.05) is 0 Å². The Bertz CT molecular complexity index is 1860. The quantitative estimate of drug-likeness (QED) is 0.0862. The molecule has 0 saturated carbocycles. The van der Waals surface area contributed by atoms with Crippen molar-refractivity contribution in [1.82, 2.24) is 0 Å². The molecule has 0 N–H and O–H groups in total. The molecule has 0 aliphatic heterocycles. The molecule has 1 aliphatic carbocycles. The van der Waals surface area contributed by atoms with Crippen molar-refractivity contribution in [3.05, 3.63) is 86.1 Å². The van der Waals surface area contributed by atoms with Gasteiger partial charge in [-0.1, -0.05) is 115 Å². The van der Waals surface area contributed by atoms with Crippen molar-refractivity contribution in [2.24, 2.45) is 0 Å². The van der Waals surface area contributed by atoms with Crippen molar-refractivity contribution < 1.29 is 9.59 Å². The fourth-order valence-corrected chi connectivity index (χ4v) is 13.1. The van der Waals surface area contributed by atoms with Crippen LogP contribution in [0.2, 0.25) is 39.3 Å². The van der Waals surface area contributed by atoms with Crippen LogP contribution in [-0.2, 0) is 6.42 Å². The third-order valence-electron chi connectivity index (χ3n) is 7.78. The van der Waals surface area contributed by atoms with Crippen LogP contribution in [0.1, 0.15) is 103 Å². The second-order valence-electron chi connectivity index (χ2n) is 13.7. The monoisotopic (exact) mass is 678 g/mol. The van der Waals surface area contributed by atoms with E-state index in [1.807, 2.05) is 0 Å². The molecule has 2 nitrogen and oxygen atoms in total. The first-order chi connectivity index (χ1) is 21.9. The van der Waals surface area contributed by atoms with Crippen molar-refractivity contribution >= 4 is 65.5 Å². The number of hydrogen-bond donors (Lipinski definition) is 0. The first kappa shape index (κ1) is 37.2. The molecule has 0 unspecified atom stereocenters. The zero-order chi connectivity index (χ0) is 33.7. The van der Waals surface area contributed by atoms with Crippen molar-refractivity contribution in [1.29, 1.82) is 0 Å². The first-order valence-electron chi connectivity index (χ1n) is 16.5. The van der Waals surface area contributed by atoms with Crippen LogP contribution in [0.3, 0.4) is 0 Å². The van der Waals surface area contributed by atoms with Crippen LogP contribution in [0.4, 0.5) is 0 Å². The molecule has 238 valence electrons. The number of carbonyl (C=O) groups excluding carboxylic acids is 2. The molecule has 0 saturated heterocycles. The molecule has 0 aromatic carbocycles. The van der Waals surface area contributed by atoms with Gasteiger partial charge in [-0.2, -0.15) is 0 Å². The zero-order valence-corrected chi connectivity index (χ0v) is 32.3. The number of fused-ring (bicyclic) bond motifs is 3. The molecule has 46 heavy (non-hydrogen) atoms. The second-order valence-corrected chi connectivity index (χ2v) is 26.5. The van der Waals surface area contributed by atoms with Gasteiger partial charge in [-0.05, 0) is 85.9 Å². The predicted octanol–water partition coefficient (Wildman–Crippen LogP) is 10.6. The lowest BCUT2D eigenvalue weighted by atomic mass is 9.89. The summed E-state index contributed by atoms with van der Waals surface area (Å²) in [5.74, 6) is -0.728. The molecular weight excluding hydrogens is 633 g/mol. The Kier molecular flexibility index (Phi) is 14.2. The fraction of sp³-hybridized carbons (Fsp3) is 0.450. The molecule has 0 spiro atoms. The highest BCUT2D eigenvalue weighted by molar-refractivity contribution is 7.35. The lowest BCUT2D eigenvalue weighted by Gasteiger charge is -2.18. The fourth-order valence-electron chi connectivity index (χ4n) is 5.63. The summed E-state index contributed by atoms with van der Waals surface area (Å²) in [4.78, 5) is 29.9. The number of thiophene rings is 2. The second kappa shape index (κ2) is 17.6. The maximum Gasteiger partial charge on any atom is 0.235 e. The van der Waals surface area contributed by atoms with Gasteiger partial charge in [0.2, 0.25) is 11.6 Å². The predicted molar refractivity (Wildman–Crippen MR) is 203 cm³/mol. The van der Waals surface area contributed by atoms with Crippen LogP contribution in [0.25, 0.3) is 15.8 Å². The summed E-state index contributed by atoms with van der Waals surface area (Å²) in [6, 6.07) is 0. The largest absolute Gasteiger partial charge is 0.285 e. The van der Waals surface area contributed by atoms with Gasteiger partial charge in [0.05, 0.1) is 31.5 Å². The molecule has 0 atom stereocenters. The molecule has 6 heteroatoms. The minimum atomic E-state index is -1.87. The van der Waals surface area contributed by atoms with Gasteiger partial charge in [0.1, 0.15) is 0 Å². The maximum absolute atomic E-state index is 14.0. The van der Waals surface area contributed by atoms with E-state index in [1.54, 1.807) is 28.7 Å². The highest BCUT2D eigenvalue weighted by Crippen LogP contribution is 2.45. The molecule has 0 bridgehead atoms. The summed E-state index contributed by atoms with van der Waals surface area (Å²) in [7, 11) is -3.63. The van der Waals surface area contributed by atoms with E-state index in [0.29, 0.717) is 11.1 Å². The number of hydrogen-bond acceptors (Lipinski definition) is 4.